The summed E-state index contributed by atoms with van der Waals surface area (Å²) in [6, 6.07) is 14.7. The lowest BCUT2D eigenvalue weighted by Crippen LogP contribution is -2.39. The Labute approximate surface area is 360 Å². The number of alkyl halides is 3. The van der Waals surface area contributed by atoms with Crippen LogP contribution in [0.2, 0.25) is 0 Å². The molecule has 2 aliphatic rings. The van der Waals surface area contributed by atoms with Crippen molar-refractivity contribution in [1.82, 2.24) is 4.31 Å². The smallest absolute Gasteiger partial charge is 0.516 e. The third-order valence-corrected chi connectivity index (χ3v) is 14.1. The molecule has 2 N–H and O–H groups in total. The molecule has 12 nitrogen and oxygen atoms in total. The van der Waals surface area contributed by atoms with E-state index >= 15 is 0 Å². The van der Waals surface area contributed by atoms with E-state index < -0.39 is 53.3 Å². The molecular formula is C43H53F3N5O7S3-. The second kappa shape index (κ2) is 19.7. The molecule has 1 heterocycles. The molecule has 1 unspecified atom stereocenters. The van der Waals surface area contributed by atoms with Crippen LogP contribution < -0.4 is 10.2 Å². The summed E-state index contributed by atoms with van der Waals surface area (Å²) in [7, 11) is -9.12. The summed E-state index contributed by atoms with van der Waals surface area (Å²) in [6.07, 6.45) is 9.20. The highest BCUT2D eigenvalue weighted by Gasteiger charge is 2.50. The van der Waals surface area contributed by atoms with Gasteiger partial charge in [0.25, 0.3) is 10.1 Å². The van der Waals surface area contributed by atoms with E-state index in [2.05, 4.69) is 17.5 Å². The molecule has 4 rings (SSSR count). The SMILES string of the molecule is C[C@@H](CCS(=O)[O-])CNc1ccc(C#N)cc1C(C)(C)C/C=C/C1=C(N(C)S(=O)(=O)C(F)(F)F)C(=C/C=C2/N(CCCCS(=O)(=O)O)c3ccc(C#N)cc3C2(C)C)/CCC1. The van der Waals surface area contributed by atoms with E-state index in [1.165, 1.54) is 0 Å². The van der Waals surface area contributed by atoms with Crippen LogP contribution in [0, 0.1) is 28.6 Å². The molecule has 2 aromatic rings. The van der Waals surface area contributed by atoms with Gasteiger partial charge in [-0.2, -0.15) is 40.5 Å². The van der Waals surface area contributed by atoms with Gasteiger partial charge < -0.3 is 14.8 Å². The van der Waals surface area contributed by atoms with Crippen LogP contribution >= 0.6 is 0 Å². The Morgan fingerprint density at radius 1 is 1.05 bits per heavy atom. The number of halogens is 3. The first-order valence-electron chi connectivity index (χ1n) is 19.8. The Morgan fingerprint density at radius 3 is 2.33 bits per heavy atom. The molecule has 1 aliphatic carbocycles. The summed E-state index contributed by atoms with van der Waals surface area (Å²) in [5, 5.41) is 22.7. The highest BCUT2D eigenvalue weighted by atomic mass is 32.2. The number of nitrogens with zero attached hydrogens (tertiary/aromatic N) is 4. The van der Waals surface area contributed by atoms with Crippen molar-refractivity contribution in [1.29, 1.82) is 10.5 Å². The van der Waals surface area contributed by atoms with E-state index in [1.54, 1.807) is 60.7 Å². The van der Waals surface area contributed by atoms with Gasteiger partial charge in [0.1, 0.15) is 0 Å². The molecule has 2 atom stereocenters. The van der Waals surface area contributed by atoms with Gasteiger partial charge in [-0.15, -0.1) is 0 Å². The minimum absolute atomic E-state index is 0.0245. The average molecular weight is 905 g/mol. The molecule has 0 spiro atoms. The minimum Gasteiger partial charge on any atom is -0.772 e. The lowest BCUT2D eigenvalue weighted by Gasteiger charge is -2.31. The van der Waals surface area contributed by atoms with E-state index in [0.717, 1.165) is 29.5 Å². The van der Waals surface area contributed by atoms with Crippen molar-refractivity contribution in [2.24, 2.45) is 5.92 Å². The predicted molar refractivity (Wildman–Crippen MR) is 231 cm³/mol. The van der Waals surface area contributed by atoms with Crippen molar-refractivity contribution in [3.05, 3.63) is 105 Å². The summed E-state index contributed by atoms with van der Waals surface area (Å²) < 4.78 is 123. The van der Waals surface area contributed by atoms with E-state index in [-0.39, 0.29) is 36.6 Å². The monoisotopic (exact) mass is 904 g/mol. The summed E-state index contributed by atoms with van der Waals surface area (Å²) in [4.78, 5) is 1.95. The van der Waals surface area contributed by atoms with Crippen molar-refractivity contribution in [3.63, 3.8) is 0 Å². The maximum absolute atomic E-state index is 14.2. The van der Waals surface area contributed by atoms with Crippen LogP contribution in [0.4, 0.5) is 24.5 Å². The van der Waals surface area contributed by atoms with Crippen molar-refractivity contribution in [2.45, 2.75) is 95.9 Å². The number of nitrogens with one attached hydrogen (secondary N) is 1. The Morgan fingerprint density at radius 2 is 1.70 bits per heavy atom. The van der Waals surface area contributed by atoms with Gasteiger partial charge in [-0.25, -0.2) is 0 Å². The van der Waals surface area contributed by atoms with Gasteiger partial charge in [-0.05, 0) is 121 Å². The molecule has 61 heavy (non-hydrogen) atoms. The zero-order valence-electron chi connectivity index (χ0n) is 35.2. The number of fused-ring (bicyclic) bond motifs is 1. The Hall–Kier alpha value is -4.46. The summed E-state index contributed by atoms with van der Waals surface area (Å²) in [5.74, 6) is -0.382. The fraction of sp³-hybridized carbons (Fsp3) is 0.488. The minimum atomic E-state index is -5.83. The van der Waals surface area contributed by atoms with Crippen LogP contribution in [-0.4, -0.2) is 71.6 Å². The number of allylic oxidation sites excluding steroid dienone is 7. The summed E-state index contributed by atoms with van der Waals surface area (Å²) in [6.45, 7) is 10.5. The first kappa shape index (κ1) is 49.2. The zero-order chi connectivity index (χ0) is 45.6. The number of rotatable bonds is 18. The van der Waals surface area contributed by atoms with Crippen molar-refractivity contribution in [2.75, 3.05) is 41.9 Å². The van der Waals surface area contributed by atoms with Gasteiger partial charge in [0.15, 0.2) is 0 Å². The first-order chi connectivity index (χ1) is 28.3. The van der Waals surface area contributed by atoms with Crippen molar-refractivity contribution < 1.29 is 43.3 Å². The second-order valence-corrected chi connectivity index (χ2v) is 21.2. The Bertz CT molecular complexity index is 2430. The molecule has 0 aromatic heterocycles. The van der Waals surface area contributed by atoms with Crippen LogP contribution in [0.15, 0.2) is 83.2 Å². The number of sulfonamides is 1. The predicted octanol–water partition coefficient (Wildman–Crippen LogP) is 8.47. The fourth-order valence-electron chi connectivity index (χ4n) is 7.75. The van der Waals surface area contributed by atoms with Gasteiger partial charge in [0.2, 0.25) is 0 Å². The number of unbranched alkanes of at least 4 members (excludes halogenated alkanes) is 1. The number of hydrogen-bond donors (Lipinski definition) is 2. The molecule has 0 bridgehead atoms. The number of benzene rings is 2. The second-order valence-electron chi connectivity index (χ2n) is 16.6. The topological polar surface area (TPSA) is 195 Å². The van der Waals surface area contributed by atoms with Crippen LogP contribution in [0.5, 0.6) is 0 Å². The van der Waals surface area contributed by atoms with Crippen LogP contribution in [0.1, 0.15) is 102 Å². The number of anilines is 2. The fourth-order valence-corrected chi connectivity index (χ4v) is 9.70. The average Bonchev–Trinajstić information content (AvgIpc) is 3.39. The van der Waals surface area contributed by atoms with Gasteiger partial charge in [-0.1, -0.05) is 63.9 Å². The van der Waals surface area contributed by atoms with Gasteiger partial charge in [-0.3, -0.25) is 13.1 Å². The van der Waals surface area contributed by atoms with Crippen LogP contribution in [0.3, 0.4) is 0 Å². The maximum Gasteiger partial charge on any atom is 0.516 e. The molecule has 0 fully saturated rings. The Balaban J connectivity index is 1.78. The van der Waals surface area contributed by atoms with Gasteiger partial charge >= 0.3 is 15.5 Å². The molecule has 1 aliphatic heterocycles. The van der Waals surface area contributed by atoms with E-state index in [4.69, 9.17) is 0 Å². The number of hydrogen-bond acceptors (Lipinski definition) is 10. The van der Waals surface area contributed by atoms with E-state index in [1.807, 2.05) is 39.5 Å². The van der Waals surface area contributed by atoms with Crippen LogP contribution in [0.25, 0.3) is 0 Å². The van der Waals surface area contributed by atoms with E-state index in [0.29, 0.717) is 71.0 Å². The zero-order valence-corrected chi connectivity index (χ0v) is 37.6. The highest BCUT2D eigenvalue weighted by Crippen LogP contribution is 2.49. The van der Waals surface area contributed by atoms with E-state index in [9.17, 15) is 53.8 Å². The summed E-state index contributed by atoms with van der Waals surface area (Å²) in [5.41, 5.74) is -1.69. The lowest BCUT2D eigenvalue weighted by atomic mass is 9.79. The lowest BCUT2D eigenvalue weighted by molar-refractivity contribution is -0.0474. The van der Waals surface area contributed by atoms with Crippen molar-refractivity contribution >= 4 is 42.6 Å². The normalized spacial score (nSPS) is 18.3. The number of nitriles is 2. The molecule has 0 radical (unpaired) electrons. The number of likely N-dealkylation sites (N-methyl/N-ethyl adjacent to an activating group) is 1. The third kappa shape index (κ3) is 12.1. The Kier molecular flexibility index (Phi) is 15.9. The molecule has 18 heteroatoms. The molecular weight excluding hydrogens is 852 g/mol. The molecule has 0 saturated heterocycles. The first-order valence-corrected chi connectivity index (χ1v) is 24.1. The summed E-state index contributed by atoms with van der Waals surface area (Å²) >= 11 is -2.16. The third-order valence-electron chi connectivity index (χ3n) is 11.2. The quantitative estimate of drug-likeness (QED) is 0.0828. The van der Waals surface area contributed by atoms with Crippen molar-refractivity contribution in [3.8, 4) is 12.1 Å². The molecule has 332 valence electrons. The van der Waals surface area contributed by atoms with Gasteiger partial charge in [0.05, 0.1) is 34.7 Å². The van der Waals surface area contributed by atoms with Gasteiger partial charge in [0, 0.05) is 48.4 Å². The highest BCUT2D eigenvalue weighted by molar-refractivity contribution is 7.90. The molecule has 2 aromatic carbocycles. The van der Waals surface area contributed by atoms with Crippen LogP contribution in [-0.2, 0) is 42.1 Å². The maximum atomic E-state index is 14.2. The largest absolute Gasteiger partial charge is 0.772 e. The molecule has 0 amide bonds. The molecule has 0 saturated carbocycles. The standard InChI is InChI=1S/C43H54F3N5O7S3/c1-30(20-23-59(52)53)29-49-37-17-14-31(27-47)25-35(37)41(2,3)21-10-13-33-11-9-12-34(40(33)50(6)61(57,58)43(44,45)46)16-19-39-42(4,5)36-26-32(28-48)15-18-38(36)51(39)22-7-8-24-60(54,55)56/h10,13-19,25-26,30,49H,7-9,11-12,20-24,29H2,1-6H3,(H,52,53)(H,54,55,56)/p-1/b13-10+,34-16+,39-19+/t30-/m0/s1.